The monoisotopic (exact) mass is 390 g/mol. The third-order valence-electron chi connectivity index (χ3n) is 5.54. The van der Waals surface area contributed by atoms with Gasteiger partial charge in [0.2, 0.25) is 0 Å². The molecule has 142 valence electrons. The second-order valence-corrected chi connectivity index (χ2v) is 10.0. The van der Waals surface area contributed by atoms with Crippen molar-refractivity contribution in [1.29, 1.82) is 0 Å². The molecular weight excluding hydrogens is 367 g/mol. The molecule has 4 rings (SSSR count). The molecule has 3 nitrogen and oxygen atoms in total. The van der Waals surface area contributed by atoms with Crippen molar-refractivity contribution in [3.8, 4) is 0 Å². The van der Waals surface area contributed by atoms with E-state index in [0.29, 0.717) is 6.42 Å². The van der Waals surface area contributed by atoms with Gasteiger partial charge < -0.3 is 9.30 Å². The summed E-state index contributed by atoms with van der Waals surface area (Å²) in [7, 11) is -3.15. The van der Waals surface area contributed by atoms with Gasteiger partial charge in [-0.2, -0.15) is 0 Å². The zero-order chi connectivity index (χ0) is 19.6. The Labute approximate surface area is 165 Å². The summed E-state index contributed by atoms with van der Waals surface area (Å²) in [6.07, 6.45) is 0.0705. The first-order chi connectivity index (χ1) is 13.7. The Hall–Kier alpha value is -2.64. The lowest BCUT2D eigenvalue weighted by atomic mass is 9.97. The fourth-order valence-corrected chi connectivity index (χ4v) is 7.86. The van der Waals surface area contributed by atoms with Gasteiger partial charge in [-0.1, -0.05) is 97.9 Å². The van der Waals surface area contributed by atoms with Crippen LogP contribution in [-0.4, -0.2) is 11.6 Å². The number of carbonyl (C=O) groups excluding carboxylic acids is 1. The van der Waals surface area contributed by atoms with E-state index in [2.05, 4.69) is 0 Å². The van der Waals surface area contributed by atoms with E-state index >= 15 is 0 Å². The van der Waals surface area contributed by atoms with E-state index in [4.69, 9.17) is 4.74 Å². The zero-order valence-corrected chi connectivity index (χ0v) is 16.7. The molecule has 0 spiro atoms. The number of carbonyl (C=O) groups is 1. The summed E-state index contributed by atoms with van der Waals surface area (Å²) in [5.41, 5.74) is 0.459. The number of ether oxygens (including phenoxy) is 1. The fourth-order valence-electron chi connectivity index (χ4n) is 4.19. The largest absolute Gasteiger partial charge is 0.456 e. The first-order valence-corrected chi connectivity index (χ1v) is 11.4. The lowest BCUT2D eigenvalue weighted by Gasteiger charge is -2.31. The quantitative estimate of drug-likeness (QED) is 0.469. The molecule has 3 aromatic rings. The molecule has 3 aromatic carbocycles. The number of esters is 1. The second-order valence-electron chi connectivity index (χ2n) is 7.10. The number of benzene rings is 3. The Balaban J connectivity index is 1.95. The highest BCUT2D eigenvalue weighted by atomic mass is 31.2. The van der Waals surface area contributed by atoms with Gasteiger partial charge in [-0.3, -0.25) is 4.79 Å². The molecule has 1 heterocycles. The molecule has 4 heteroatoms. The van der Waals surface area contributed by atoms with Gasteiger partial charge in [0.1, 0.15) is 6.10 Å². The molecule has 3 atom stereocenters. The maximum absolute atomic E-state index is 14.9. The van der Waals surface area contributed by atoms with Gasteiger partial charge in [0.05, 0.1) is 11.6 Å². The van der Waals surface area contributed by atoms with Gasteiger partial charge in [0.25, 0.3) is 0 Å². The summed E-state index contributed by atoms with van der Waals surface area (Å²) < 4.78 is 20.7. The lowest BCUT2D eigenvalue weighted by Crippen LogP contribution is -2.32. The van der Waals surface area contributed by atoms with Crippen molar-refractivity contribution >= 4 is 23.7 Å². The average Bonchev–Trinajstić information content (AvgIpc) is 3.11. The minimum Gasteiger partial charge on any atom is -0.456 e. The van der Waals surface area contributed by atoms with Crippen molar-refractivity contribution in [2.75, 3.05) is 0 Å². The Kier molecular flexibility index (Phi) is 5.19. The maximum Gasteiger partial charge on any atom is 0.310 e. The SMILES string of the molecule is CC[C@H]1C(=O)O[C@H](c2ccccc2)[C@@H]1P(=O)(c1ccccc1)c1ccccc1. The van der Waals surface area contributed by atoms with Crippen molar-refractivity contribution in [2.24, 2.45) is 5.92 Å². The van der Waals surface area contributed by atoms with Gasteiger partial charge in [0.15, 0.2) is 7.14 Å². The van der Waals surface area contributed by atoms with Crippen LogP contribution in [0, 0.1) is 5.92 Å². The summed E-state index contributed by atoms with van der Waals surface area (Å²) >= 11 is 0. The average molecular weight is 390 g/mol. The van der Waals surface area contributed by atoms with Crippen molar-refractivity contribution < 1.29 is 14.1 Å². The van der Waals surface area contributed by atoms with E-state index in [9.17, 15) is 9.36 Å². The highest BCUT2D eigenvalue weighted by Crippen LogP contribution is 2.60. The summed E-state index contributed by atoms with van der Waals surface area (Å²) in [6.45, 7) is 1.96. The molecule has 0 saturated carbocycles. The minimum atomic E-state index is -3.15. The molecule has 0 unspecified atom stereocenters. The second kappa shape index (κ2) is 7.77. The van der Waals surface area contributed by atoms with Gasteiger partial charge in [-0.25, -0.2) is 0 Å². The van der Waals surface area contributed by atoms with Crippen LogP contribution in [0.25, 0.3) is 0 Å². The van der Waals surface area contributed by atoms with Crippen LogP contribution in [0.5, 0.6) is 0 Å². The van der Waals surface area contributed by atoms with Gasteiger partial charge in [-0.15, -0.1) is 0 Å². The van der Waals surface area contributed by atoms with E-state index in [1.165, 1.54) is 0 Å². The van der Waals surface area contributed by atoms with Gasteiger partial charge >= 0.3 is 5.97 Å². The molecule has 1 fully saturated rings. The maximum atomic E-state index is 14.9. The highest BCUT2D eigenvalue weighted by Gasteiger charge is 2.54. The molecule has 0 aromatic heterocycles. The Morgan fingerprint density at radius 2 is 1.25 bits per heavy atom. The Bertz CT molecular complexity index is 943. The topological polar surface area (TPSA) is 43.4 Å². The van der Waals surface area contributed by atoms with E-state index in [1.807, 2.05) is 97.9 Å². The number of rotatable bonds is 5. The van der Waals surface area contributed by atoms with Crippen molar-refractivity contribution in [3.63, 3.8) is 0 Å². The van der Waals surface area contributed by atoms with Crippen LogP contribution < -0.4 is 10.6 Å². The van der Waals surface area contributed by atoms with E-state index < -0.39 is 24.8 Å². The van der Waals surface area contributed by atoms with Crippen LogP contribution in [0.1, 0.15) is 25.0 Å². The van der Waals surface area contributed by atoms with Crippen LogP contribution in [0.3, 0.4) is 0 Å². The van der Waals surface area contributed by atoms with Crippen LogP contribution in [0.4, 0.5) is 0 Å². The molecule has 0 aliphatic carbocycles. The number of hydrogen-bond acceptors (Lipinski definition) is 3. The van der Waals surface area contributed by atoms with Gasteiger partial charge in [-0.05, 0) is 12.0 Å². The van der Waals surface area contributed by atoms with Crippen molar-refractivity contribution in [1.82, 2.24) is 0 Å². The summed E-state index contributed by atoms with van der Waals surface area (Å²) in [6, 6.07) is 28.8. The third kappa shape index (κ3) is 3.10. The molecule has 0 radical (unpaired) electrons. The smallest absolute Gasteiger partial charge is 0.310 e. The number of hydrogen-bond donors (Lipinski definition) is 0. The first kappa shape index (κ1) is 18.7. The van der Waals surface area contributed by atoms with E-state index in [-0.39, 0.29) is 5.97 Å². The van der Waals surface area contributed by atoms with Crippen molar-refractivity contribution in [2.45, 2.75) is 25.1 Å². The third-order valence-corrected chi connectivity index (χ3v) is 9.14. The normalized spacial score (nSPS) is 22.0. The molecular formula is C24H23O3P. The molecule has 0 N–H and O–H groups in total. The van der Waals surface area contributed by atoms with Crippen LogP contribution in [0.15, 0.2) is 91.0 Å². The molecule has 1 aliphatic heterocycles. The molecule has 28 heavy (non-hydrogen) atoms. The van der Waals surface area contributed by atoms with E-state index in [1.54, 1.807) is 0 Å². The van der Waals surface area contributed by atoms with Gasteiger partial charge in [0, 0.05) is 10.6 Å². The predicted molar refractivity (Wildman–Crippen MR) is 113 cm³/mol. The summed E-state index contributed by atoms with van der Waals surface area (Å²) in [5, 5.41) is 1.53. The first-order valence-electron chi connectivity index (χ1n) is 9.62. The predicted octanol–water partition coefficient (Wildman–Crippen LogP) is 4.69. The van der Waals surface area contributed by atoms with Crippen LogP contribution in [0.2, 0.25) is 0 Å². The molecule has 0 bridgehead atoms. The highest BCUT2D eigenvalue weighted by molar-refractivity contribution is 7.79. The lowest BCUT2D eigenvalue weighted by molar-refractivity contribution is -0.144. The van der Waals surface area contributed by atoms with E-state index in [0.717, 1.165) is 16.2 Å². The zero-order valence-electron chi connectivity index (χ0n) is 15.8. The molecule has 1 saturated heterocycles. The number of cyclic esters (lactones) is 1. The molecule has 1 aliphatic rings. The van der Waals surface area contributed by atoms with Crippen molar-refractivity contribution in [3.05, 3.63) is 96.6 Å². The summed E-state index contributed by atoms with van der Waals surface area (Å²) in [4.78, 5) is 12.8. The fraction of sp³-hybridized carbons (Fsp3) is 0.208. The minimum absolute atomic E-state index is 0.256. The van der Waals surface area contributed by atoms with Crippen LogP contribution >= 0.6 is 7.14 Å². The van der Waals surface area contributed by atoms with Crippen LogP contribution in [-0.2, 0) is 14.1 Å². The standard InChI is InChI=1S/C24H23O3P/c1-2-21-23(22(27-24(21)25)18-12-6-3-7-13-18)28(26,19-14-8-4-9-15-19)20-16-10-5-11-17-20/h3-17,21-23H,2H2,1H3/t21-,22-,23-/m1/s1. The molecule has 0 amide bonds. The summed E-state index contributed by atoms with van der Waals surface area (Å²) in [5.74, 6) is -0.662. The Morgan fingerprint density at radius 1 is 0.786 bits per heavy atom. The Morgan fingerprint density at radius 3 is 1.71 bits per heavy atom.